The van der Waals surface area contributed by atoms with Crippen LogP contribution in [-0.2, 0) is 77.0 Å². The molecular formula is C120H134S2. The highest BCUT2D eigenvalue weighted by atomic mass is 32.1. The minimum Gasteiger partial charge on any atom is -0.124 e. The summed E-state index contributed by atoms with van der Waals surface area (Å²) in [6.45, 7) is 27.0. The quantitative estimate of drug-likeness (QED) is 0.0269. The summed E-state index contributed by atoms with van der Waals surface area (Å²) in [7, 11) is 0. The summed E-state index contributed by atoms with van der Waals surface area (Å²) in [6, 6.07) is 58.5. The standard InChI is InChI=1S/C120H134S2/c1-13-25-29-33-37-41-45-91-49-57-95(58-50-91)65-69-107-81-103(21-9)111(85-99(107)17-5)73-75-115-89-117(79-77-113-87-101(19-7)109(83-105(113)23-11)71-67-97-61-53-93(54-62-97)47-43-39-35-31-27-15-3)121-119(115)120-116(76-74-112-86-100(18-6)108(82-104(112)22-10)70-66-96-59-51-92(52-60-96)46-42-38-34-30-26-14-2)90-118(122-120)80-78-114-88-102(20-8)110(84-106(114)24-12)72-68-98-63-55-94(56-64-98)48-44-40-36-32-28-16-4/h49-64,81-90H,13-48H2,1-12H3. The zero-order chi connectivity index (χ0) is 85.9. The van der Waals surface area contributed by atoms with E-state index in [1.165, 1.54) is 221 Å². The molecule has 122 heavy (non-hydrogen) atoms. The molecule has 2 heterocycles. The SMILES string of the molecule is CCCCCCCCc1ccc(C#Cc2cc(CC)c(C#Cc3cc(C#Cc4cc(CC)c(C#Cc5ccc(CCCCCCCC)cc5)cc4CC)c(-c4sc(C#Cc5cc(CC)c(C#Cc6ccc(CCCCCCCC)cc6)cc5CC)cc4C#Cc4cc(CC)c(C#Cc5ccc(CCCCCCCC)cc5)cc4CC)s3)cc2CC)cc1. The van der Waals surface area contributed by atoms with Crippen molar-refractivity contribution in [3.05, 3.63) is 312 Å². The predicted octanol–water partition coefficient (Wildman–Crippen LogP) is 30.8. The lowest BCUT2D eigenvalue weighted by Gasteiger charge is -2.08. The Bertz CT molecular complexity index is 5230. The van der Waals surface area contributed by atoms with Crippen molar-refractivity contribution in [2.45, 2.75) is 314 Å². The van der Waals surface area contributed by atoms with Gasteiger partial charge in [-0.25, -0.2) is 0 Å². The van der Waals surface area contributed by atoms with Crippen LogP contribution in [0.25, 0.3) is 9.75 Å². The van der Waals surface area contributed by atoms with Gasteiger partial charge in [-0.15, -0.1) is 22.7 Å². The fourth-order valence-corrected chi connectivity index (χ4v) is 18.1. The van der Waals surface area contributed by atoms with Crippen molar-refractivity contribution in [1.29, 1.82) is 0 Å². The second-order valence-corrected chi connectivity index (χ2v) is 35.2. The van der Waals surface area contributed by atoms with Crippen molar-refractivity contribution in [1.82, 2.24) is 0 Å². The number of benzene rings is 8. The van der Waals surface area contributed by atoms with E-state index < -0.39 is 0 Å². The van der Waals surface area contributed by atoms with Gasteiger partial charge in [0.15, 0.2) is 0 Å². The first kappa shape index (κ1) is 93.9. The molecule has 2 aromatic heterocycles. The minimum absolute atomic E-state index is 0.815. The number of thiophene rings is 2. The molecule has 0 aliphatic carbocycles. The molecule has 8 aromatic carbocycles. The maximum absolute atomic E-state index is 3.84. The summed E-state index contributed by atoms with van der Waals surface area (Å²) in [5.41, 5.74) is 29.4. The second kappa shape index (κ2) is 52.2. The first-order chi connectivity index (χ1) is 59.9. The number of rotatable bonds is 37. The highest BCUT2D eigenvalue weighted by Gasteiger charge is 2.19. The van der Waals surface area contributed by atoms with E-state index in [2.05, 4.69) is 336 Å². The molecule has 0 nitrogen and oxygen atoms in total. The molecule has 0 amide bonds. The molecular weight excluding hydrogens is 1510 g/mol. The first-order valence-electron chi connectivity index (χ1n) is 47.4. The van der Waals surface area contributed by atoms with E-state index in [4.69, 9.17) is 0 Å². The van der Waals surface area contributed by atoms with Crippen molar-refractivity contribution in [2.24, 2.45) is 0 Å². The average Bonchev–Trinajstić information content (AvgIpc) is 1.66. The molecule has 0 N–H and O–H groups in total. The monoisotopic (exact) mass is 1640 g/mol. The molecule has 626 valence electrons. The van der Waals surface area contributed by atoms with Crippen molar-refractivity contribution in [3.8, 4) is 104 Å². The summed E-state index contributed by atoms with van der Waals surface area (Å²) in [4.78, 5) is 3.94. The lowest BCUT2D eigenvalue weighted by atomic mass is 9.95. The Kier molecular flexibility index (Phi) is 40.2. The smallest absolute Gasteiger partial charge is 0.0792 e. The van der Waals surface area contributed by atoms with E-state index in [9.17, 15) is 0 Å². The summed E-state index contributed by atoms with van der Waals surface area (Å²) >= 11 is 3.40. The number of hydrogen-bond acceptors (Lipinski definition) is 2. The van der Waals surface area contributed by atoms with Crippen LogP contribution in [0.5, 0.6) is 0 Å². The lowest BCUT2D eigenvalue weighted by Crippen LogP contribution is -1.96. The molecule has 0 aliphatic heterocycles. The third-order valence-electron chi connectivity index (χ3n) is 23.8. The summed E-state index contributed by atoms with van der Waals surface area (Å²) in [5.74, 6) is 58.9. The average molecular weight is 1640 g/mol. The van der Waals surface area contributed by atoms with Crippen molar-refractivity contribution >= 4 is 22.7 Å². The summed E-state index contributed by atoms with van der Waals surface area (Å²) in [6.07, 6.45) is 42.4. The molecule has 10 aromatic rings. The fourth-order valence-electron chi connectivity index (χ4n) is 16.0. The van der Waals surface area contributed by atoms with Crippen LogP contribution in [0.1, 0.15) is 392 Å². The molecule has 0 spiro atoms. The van der Waals surface area contributed by atoms with E-state index in [0.29, 0.717) is 0 Å². The van der Waals surface area contributed by atoms with E-state index in [1.807, 2.05) is 0 Å². The highest BCUT2D eigenvalue weighted by molar-refractivity contribution is 7.23. The van der Waals surface area contributed by atoms with Crippen LogP contribution >= 0.6 is 22.7 Å². The van der Waals surface area contributed by atoms with Crippen molar-refractivity contribution in [3.63, 3.8) is 0 Å². The van der Waals surface area contributed by atoms with E-state index in [-0.39, 0.29) is 0 Å². The van der Waals surface area contributed by atoms with Gasteiger partial charge in [0.25, 0.3) is 0 Å². The molecule has 0 saturated heterocycles. The molecule has 0 saturated carbocycles. The van der Waals surface area contributed by atoms with Crippen LogP contribution in [0.2, 0.25) is 0 Å². The Morgan fingerprint density at radius 1 is 0.172 bits per heavy atom. The van der Waals surface area contributed by atoms with Crippen molar-refractivity contribution < 1.29 is 0 Å². The maximum atomic E-state index is 3.84. The Hall–Kier alpha value is -10.4. The molecule has 0 aliphatic rings. The van der Waals surface area contributed by atoms with Crippen LogP contribution in [0.4, 0.5) is 0 Å². The van der Waals surface area contributed by atoms with Crippen molar-refractivity contribution in [2.75, 3.05) is 0 Å². The Morgan fingerprint density at radius 2 is 0.344 bits per heavy atom. The molecule has 2 heteroatoms. The van der Waals surface area contributed by atoms with Gasteiger partial charge in [-0.1, -0.05) is 355 Å². The summed E-state index contributed by atoms with van der Waals surface area (Å²) in [5, 5.41) is 0. The van der Waals surface area contributed by atoms with Crippen LogP contribution < -0.4 is 0 Å². The normalized spacial score (nSPS) is 10.6. The van der Waals surface area contributed by atoms with Gasteiger partial charge in [0.1, 0.15) is 0 Å². The van der Waals surface area contributed by atoms with Gasteiger partial charge >= 0.3 is 0 Å². The molecule has 0 fully saturated rings. The van der Waals surface area contributed by atoms with Gasteiger partial charge < -0.3 is 0 Å². The lowest BCUT2D eigenvalue weighted by molar-refractivity contribution is 0.607. The molecule has 0 atom stereocenters. The van der Waals surface area contributed by atoms with E-state index >= 15 is 0 Å². The fraction of sp³-hybridized carbons (Fsp3) is 0.400. The maximum Gasteiger partial charge on any atom is 0.0792 e. The Morgan fingerprint density at radius 3 is 0.541 bits per heavy atom. The number of unbranched alkanes of at least 4 members (excludes halogenated alkanes) is 20. The van der Waals surface area contributed by atoms with E-state index in [1.54, 1.807) is 22.7 Å². The Labute approximate surface area is 748 Å². The highest BCUT2D eigenvalue weighted by Crippen LogP contribution is 2.40. The van der Waals surface area contributed by atoms with Crippen LogP contribution in [-0.4, -0.2) is 0 Å². The molecule has 0 radical (unpaired) electrons. The van der Waals surface area contributed by atoms with Crippen LogP contribution in [0.15, 0.2) is 158 Å². The number of aryl methyl sites for hydroxylation is 12. The van der Waals surface area contributed by atoms with Gasteiger partial charge in [0, 0.05) is 77.9 Å². The van der Waals surface area contributed by atoms with E-state index in [0.717, 1.165) is 174 Å². The van der Waals surface area contributed by atoms with Crippen LogP contribution in [0.3, 0.4) is 0 Å². The van der Waals surface area contributed by atoms with Gasteiger partial charge in [-0.3, -0.25) is 0 Å². The molecule has 0 bridgehead atoms. The number of hydrogen-bond donors (Lipinski definition) is 0. The van der Waals surface area contributed by atoms with Gasteiger partial charge in [0.2, 0.25) is 0 Å². The second-order valence-electron chi connectivity index (χ2n) is 33.1. The third kappa shape index (κ3) is 29.4. The first-order valence-corrected chi connectivity index (χ1v) is 49.0. The van der Waals surface area contributed by atoms with Gasteiger partial charge in [-0.2, -0.15) is 0 Å². The zero-order valence-corrected chi connectivity index (χ0v) is 77.9. The third-order valence-corrected chi connectivity index (χ3v) is 26.1. The Balaban J connectivity index is 1.06. The van der Waals surface area contributed by atoms with Gasteiger partial charge in [-0.05, 0) is 279 Å². The summed E-state index contributed by atoms with van der Waals surface area (Å²) < 4.78 is 0. The predicted molar refractivity (Wildman–Crippen MR) is 530 cm³/mol. The zero-order valence-electron chi connectivity index (χ0n) is 76.3. The minimum atomic E-state index is 0.815. The molecule has 10 rings (SSSR count). The molecule has 0 unspecified atom stereocenters. The van der Waals surface area contributed by atoms with Gasteiger partial charge in [0.05, 0.1) is 19.5 Å². The van der Waals surface area contributed by atoms with Crippen LogP contribution in [0, 0.1) is 94.7 Å². The largest absolute Gasteiger partial charge is 0.124 e. The topological polar surface area (TPSA) is 0 Å².